The third kappa shape index (κ3) is 3.34. The molecule has 0 saturated carbocycles. The van der Waals surface area contributed by atoms with Gasteiger partial charge in [0, 0.05) is 12.2 Å². The normalized spacial score (nSPS) is 12.5. The van der Waals surface area contributed by atoms with Gasteiger partial charge in [0.05, 0.1) is 6.20 Å². The Morgan fingerprint density at radius 2 is 2.29 bits per heavy atom. The van der Waals surface area contributed by atoms with Crippen molar-refractivity contribution in [1.82, 2.24) is 4.98 Å². The van der Waals surface area contributed by atoms with Crippen LogP contribution in [0.1, 0.15) is 25.5 Å². The van der Waals surface area contributed by atoms with Crippen molar-refractivity contribution in [2.24, 2.45) is 5.73 Å². The Bertz CT molecular complexity index is 258. The number of hydrogen-bond donors (Lipinski definition) is 1. The van der Waals surface area contributed by atoms with Gasteiger partial charge in [-0.15, -0.1) is 0 Å². The Balaban J connectivity index is 2.53. The van der Waals surface area contributed by atoms with E-state index in [0.29, 0.717) is 6.54 Å². The van der Waals surface area contributed by atoms with Crippen LogP contribution in [-0.2, 0) is 0 Å². The van der Waals surface area contributed by atoms with Gasteiger partial charge in [0.15, 0.2) is 0 Å². The van der Waals surface area contributed by atoms with Crippen molar-refractivity contribution in [3.8, 4) is 5.75 Å². The quantitative estimate of drug-likeness (QED) is 0.778. The van der Waals surface area contributed by atoms with E-state index in [1.54, 1.807) is 6.20 Å². The van der Waals surface area contributed by atoms with Crippen LogP contribution < -0.4 is 10.5 Å². The number of aryl methyl sites for hydroxylation is 1. The summed E-state index contributed by atoms with van der Waals surface area (Å²) in [5.41, 5.74) is 6.59. The van der Waals surface area contributed by atoms with Crippen molar-refractivity contribution in [2.75, 3.05) is 6.54 Å². The molecule has 2 N–H and O–H groups in total. The molecule has 0 aliphatic carbocycles. The highest BCUT2D eigenvalue weighted by molar-refractivity contribution is 5.19. The molecule has 1 rings (SSSR count). The zero-order valence-corrected chi connectivity index (χ0v) is 8.86. The Morgan fingerprint density at radius 1 is 1.50 bits per heavy atom. The Morgan fingerprint density at radius 3 is 2.79 bits per heavy atom. The van der Waals surface area contributed by atoms with Crippen molar-refractivity contribution >= 4 is 0 Å². The second-order valence-corrected chi connectivity index (χ2v) is 3.40. The summed E-state index contributed by atoms with van der Waals surface area (Å²) in [5, 5.41) is 0. The fraction of sp³-hybridized carbons (Fsp3) is 0.545. The van der Waals surface area contributed by atoms with Gasteiger partial charge in [-0.25, -0.2) is 0 Å². The first kappa shape index (κ1) is 11.0. The summed E-state index contributed by atoms with van der Waals surface area (Å²) in [6, 6.07) is 3.87. The van der Waals surface area contributed by atoms with Crippen LogP contribution in [0.4, 0.5) is 0 Å². The molecule has 1 atom stereocenters. The first-order valence-electron chi connectivity index (χ1n) is 5.05. The molecule has 3 heteroatoms. The molecular weight excluding hydrogens is 176 g/mol. The number of pyridine rings is 1. The Kier molecular flexibility index (Phi) is 4.40. The van der Waals surface area contributed by atoms with E-state index in [2.05, 4.69) is 11.9 Å². The molecule has 1 heterocycles. The van der Waals surface area contributed by atoms with Crippen LogP contribution in [0.15, 0.2) is 18.3 Å². The minimum atomic E-state index is 0.115. The molecule has 0 aliphatic rings. The maximum atomic E-state index is 5.67. The van der Waals surface area contributed by atoms with E-state index in [0.717, 1.165) is 24.3 Å². The molecule has 1 aromatic heterocycles. The number of hydrogen-bond acceptors (Lipinski definition) is 3. The highest BCUT2D eigenvalue weighted by Crippen LogP contribution is 2.12. The minimum absolute atomic E-state index is 0.115. The summed E-state index contributed by atoms with van der Waals surface area (Å²) < 4.78 is 5.67. The van der Waals surface area contributed by atoms with E-state index in [1.807, 2.05) is 19.1 Å². The van der Waals surface area contributed by atoms with Gasteiger partial charge in [0.25, 0.3) is 0 Å². The smallest absolute Gasteiger partial charge is 0.138 e. The Hall–Kier alpha value is -1.09. The summed E-state index contributed by atoms with van der Waals surface area (Å²) in [6.07, 6.45) is 3.93. The average molecular weight is 194 g/mol. The summed E-state index contributed by atoms with van der Waals surface area (Å²) in [5.74, 6) is 0.805. The molecule has 3 nitrogen and oxygen atoms in total. The van der Waals surface area contributed by atoms with Crippen LogP contribution in [-0.4, -0.2) is 17.6 Å². The predicted molar refractivity (Wildman–Crippen MR) is 57.4 cm³/mol. The standard InChI is InChI=1S/C11H18N2O/c1-3-4-10(7-12)14-11-6-5-9(2)13-8-11/h5-6,8,10H,3-4,7,12H2,1-2H3. The number of aromatic nitrogens is 1. The first-order valence-corrected chi connectivity index (χ1v) is 5.05. The Labute approximate surface area is 85.3 Å². The van der Waals surface area contributed by atoms with Crippen LogP contribution in [0.25, 0.3) is 0 Å². The van der Waals surface area contributed by atoms with Gasteiger partial charge in [0.1, 0.15) is 11.9 Å². The van der Waals surface area contributed by atoms with Crippen LogP contribution >= 0.6 is 0 Å². The lowest BCUT2D eigenvalue weighted by Crippen LogP contribution is -2.26. The van der Waals surface area contributed by atoms with Crippen LogP contribution in [0.5, 0.6) is 5.75 Å². The van der Waals surface area contributed by atoms with Crippen molar-refractivity contribution in [3.05, 3.63) is 24.0 Å². The summed E-state index contributed by atoms with van der Waals surface area (Å²) in [4.78, 5) is 4.16. The highest BCUT2D eigenvalue weighted by Gasteiger charge is 2.06. The number of rotatable bonds is 5. The maximum absolute atomic E-state index is 5.67. The van der Waals surface area contributed by atoms with E-state index in [1.165, 1.54) is 0 Å². The van der Waals surface area contributed by atoms with Gasteiger partial charge in [-0.1, -0.05) is 13.3 Å². The maximum Gasteiger partial charge on any atom is 0.138 e. The van der Waals surface area contributed by atoms with Crippen LogP contribution in [0, 0.1) is 6.92 Å². The van der Waals surface area contributed by atoms with Crippen molar-refractivity contribution in [3.63, 3.8) is 0 Å². The van der Waals surface area contributed by atoms with Crippen molar-refractivity contribution < 1.29 is 4.74 Å². The van der Waals surface area contributed by atoms with Gasteiger partial charge < -0.3 is 10.5 Å². The van der Waals surface area contributed by atoms with E-state index < -0.39 is 0 Å². The van der Waals surface area contributed by atoms with Gasteiger partial charge in [-0.05, 0) is 25.5 Å². The lowest BCUT2D eigenvalue weighted by Gasteiger charge is -2.16. The third-order valence-electron chi connectivity index (χ3n) is 2.06. The zero-order valence-electron chi connectivity index (χ0n) is 8.86. The highest BCUT2D eigenvalue weighted by atomic mass is 16.5. The monoisotopic (exact) mass is 194 g/mol. The molecule has 0 aromatic carbocycles. The lowest BCUT2D eigenvalue weighted by molar-refractivity contribution is 0.197. The van der Waals surface area contributed by atoms with E-state index in [9.17, 15) is 0 Å². The summed E-state index contributed by atoms with van der Waals surface area (Å²) >= 11 is 0. The average Bonchev–Trinajstić information content (AvgIpc) is 2.20. The largest absolute Gasteiger partial charge is 0.488 e. The molecule has 14 heavy (non-hydrogen) atoms. The van der Waals surface area contributed by atoms with Gasteiger partial charge in [0.2, 0.25) is 0 Å². The van der Waals surface area contributed by atoms with Crippen molar-refractivity contribution in [1.29, 1.82) is 0 Å². The predicted octanol–water partition coefficient (Wildman–Crippen LogP) is 1.90. The lowest BCUT2D eigenvalue weighted by atomic mass is 10.2. The van der Waals surface area contributed by atoms with E-state index in [4.69, 9.17) is 10.5 Å². The SMILES string of the molecule is CCCC(CN)Oc1ccc(C)nc1. The molecule has 0 saturated heterocycles. The molecule has 0 aliphatic heterocycles. The van der Waals surface area contributed by atoms with E-state index in [-0.39, 0.29) is 6.10 Å². The molecule has 0 amide bonds. The fourth-order valence-corrected chi connectivity index (χ4v) is 1.26. The van der Waals surface area contributed by atoms with Gasteiger partial charge in [-0.3, -0.25) is 4.98 Å². The molecule has 0 radical (unpaired) electrons. The summed E-state index contributed by atoms with van der Waals surface area (Å²) in [6.45, 7) is 4.64. The van der Waals surface area contributed by atoms with Gasteiger partial charge >= 0.3 is 0 Å². The minimum Gasteiger partial charge on any atom is -0.488 e. The molecular formula is C11H18N2O. The molecule has 1 unspecified atom stereocenters. The molecule has 0 bridgehead atoms. The number of ether oxygens (including phenoxy) is 1. The second-order valence-electron chi connectivity index (χ2n) is 3.40. The van der Waals surface area contributed by atoms with Crippen molar-refractivity contribution in [2.45, 2.75) is 32.8 Å². The van der Waals surface area contributed by atoms with Crippen LogP contribution in [0.2, 0.25) is 0 Å². The molecule has 0 spiro atoms. The fourth-order valence-electron chi connectivity index (χ4n) is 1.26. The third-order valence-corrected chi connectivity index (χ3v) is 2.06. The topological polar surface area (TPSA) is 48.1 Å². The zero-order chi connectivity index (χ0) is 10.4. The number of nitrogens with zero attached hydrogens (tertiary/aromatic N) is 1. The van der Waals surface area contributed by atoms with Gasteiger partial charge in [-0.2, -0.15) is 0 Å². The molecule has 78 valence electrons. The number of nitrogens with two attached hydrogens (primary N) is 1. The molecule has 0 fully saturated rings. The second kappa shape index (κ2) is 5.60. The van der Waals surface area contributed by atoms with E-state index >= 15 is 0 Å². The van der Waals surface area contributed by atoms with Crippen LogP contribution in [0.3, 0.4) is 0 Å². The first-order chi connectivity index (χ1) is 6.76. The summed E-state index contributed by atoms with van der Waals surface area (Å²) in [7, 11) is 0. The molecule has 1 aromatic rings.